The molecule has 8 heteroatoms. The van der Waals surface area contributed by atoms with Gasteiger partial charge in [0.25, 0.3) is 5.91 Å². The van der Waals surface area contributed by atoms with Gasteiger partial charge in [-0.05, 0) is 0 Å². The van der Waals surface area contributed by atoms with Gasteiger partial charge in [0.2, 0.25) is 0 Å². The van der Waals surface area contributed by atoms with Crippen molar-refractivity contribution >= 4 is 28.9 Å². The molecule has 0 saturated heterocycles. The molecule has 0 aliphatic heterocycles. The summed E-state index contributed by atoms with van der Waals surface area (Å²) in [5, 5.41) is 6.69. The van der Waals surface area contributed by atoms with Crippen LogP contribution in [0.15, 0.2) is 18.7 Å². The Hall–Kier alpha value is -2.22. The zero-order chi connectivity index (χ0) is 13.3. The molecule has 0 bridgehead atoms. The summed E-state index contributed by atoms with van der Waals surface area (Å²) in [6.45, 7) is 0. The maximum Gasteiger partial charge on any atom is 0.277 e. The third-order valence-corrected chi connectivity index (χ3v) is 2.59. The molecular formula is C10H12N6OS. The van der Waals surface area contributed by atoms with Crippen LogP contribution in [0, 0.1) is 0 Å². The van der Waals surface area contributed by atoms with Gasteiger partial charge in [-0.2, -0.15) is 5.10 Å². The van der Waals surface area contributed by atoms with E-state index in [1.165, 1.54) is 10.9 Å². The summed E-state index contributed by atoms with van der Waals surface area (Å²) in [7, 11) is 3.48. The van der Waals surface area contributed by atoms with E-state index in [0.29, 0.717) is 17.1 Å². The van der Waals surface area contributed by atoms with E-state index in [4.69, 9.17) is 18.0 Å². The van der Waals surface area contributed by atoms with E-state index in [-0.39, 0.29) is 10.9 Å². The van der Waals surface area contributed by atoms with Crippen LogP contribution in [0.25, 0.3) is 0 Å². The summed E-state index contributed by atoms with van der Waals surface area (Å²) in [5.41, 5.74) is 6.39. The molecule has 0 atom stereocenters. The lowest BCUT2D eigenvalue weighted by Crippen LogP contribution is -2.19. The van der Waals surface area contributed by atoms with Crippen LogP contribution in [0.1, 0.15) is 16.1 Å². The van der Waals surface area contributed by atoms with Gasteiger partial charge in [-0.3, -0.25) is 9.48 Å². The SMILES string of the molecule is Cn1cnc(C(=O)Nc2c(C(N)=S)cnn2C)c1. The molecule has 0 aliphatic carbocycles. The smallest absolute Gasteiger partial charge is 0.277 e. The van der Waals surface area contributed by atoms with Crippen molar-refractivity contribution in [1.29, 1.82) is 0 Å². The Morgan fingerprint density at radius 1 is 1.50 bits per heavy atom. The third kappa shape index (κ3) is 2.23. The highest BCUT2D eigenvalue weighted by Gasteiger charge is 2.16. The van der Waals surface area contributed by atoms with E-state index in [2.05, 4.69) is 15.4 Å². The highest BCUT2D eigenvalue weighted by Crippen LogP contribution is 2.14. The molecule has 7 nitrogen and oxygen atoms in total. The van der Waals surface area contributed by atoms with E-state index < -0.39 is 0 Å². The van der Waals surface area contributed by atoms with E-state index in [1.807, 2.05) is 0 Å². The van der Waals surface area contributed by atoms with Crippen LogP contribution < -0.4 is 11.1 Å². The minimum absolute atomic E-state index is 0.180. The lowest BCUT2D eigenvalue weighted by Gasteiger charge is -2.06. The number of aryl methyl sites for hydroxylation is 2. The predicted octanol–water partition coefficient (Wildman–Crippen LogP) is 0.0401. The Kier molecular flexibility index (Phi) is 3.11. The van der Waals surface area contributed by atoms with Crippen LogP contribution in [0.3, 0.4) is 0 Å². The number of anilines is 1. The van der Waals surface area contributed by atoms with Gasteiger partial charge in [0, 0.05) is 20.3 Å². The van der Waals surface area contributed by atoms with Crippen LogP contribution in [0.2, 0.25) is 0 Å². The zero-order valence-electron chi connectivity index (χ0n) is 9.91. The topological polar surface area (TPSA) is 90.8 Å². The first kappa shape index (κ1) is 12.2. The molecule has 1 amide bonds. The minimum atomic E-state index is -0.336. The maximum atomic E-state index is 11.9. The molecule has 0 unspecified atom stereocenters. The van der Waals surface area contributed by atoms with Gasteiger partial charge in [-0.25, -0.2) is 4.98 Å². The van der Waals surface area contributed by atoms with E-state index in [0.717, 1.165) is 0 Å². The van der Waals surface area contributed by atoms with Crippen molar-refractivity contribution in [2.45, 2.75) is 0 Å². The molecule has 94 valence electrons. The lowest BCUT2D eigenvalue weighted by atomic mass is 10.3. The second-order valence-corrected chi connectivity index (χ2v) is 4.21. The van der Waals surface area contributed by atoms with Crippen molar-refractivity contribution in [3.63, 3.8) is 0 Å². The highest BCUT2D eigenvalue weighted by atomic mass is 32.1. The van der Waals surface area contributed by atoms with E-state index >= 15 is 0 Å². The van der Waals surface area contributed by atoms with Crippen LogP contribution >= 0.6 is 12.2 Å². The standard InChI is InChI=1S/C10H12N6OS/c1-15-4-7(12-5-15)10(17)14-9-6(8(11)18)3-13-16(9)2/h3-5H,1-2H3,(H2,11,18)(H,14,17). The second kappa shape index (κ2) is 4.57. The van der Waals surface area contributed by atoms with Crippen LogP contribution in [-0.2, 0) is 14.1 Å². The van der Waals surface area contributed by atoms with Crippen molar-refractivity contribution in [3.05, 3.63) is 30.0 Å². The number of amides is 1. The molecule has 0 spiro atoms. The normalized spacial score (nSPS) is 10.3. The van der Waals surface area contributed by atoms with Crippen molar-refractivity contribution in [3.8, 4) is 0 Å². The number of imidazole rings is 1. The van der Waals surface area contributed by atoms with Crippen molar-refractivity contribution in [2.24, 2.45) is 19.8 Å². The first-order valence-electron chi connectivity index (χ1n) is 5.10. The van der Waals surface area contributed by atoms with Crippen molar-refractivity contribution in [2.75, 3.05) is 5.32 Å². The average Bonchev–Trinajstić information content (AvgIpc) is 2.87. The Labute approximate surface area is 109 Å². The number of thiocarbonyl (C=S) groups is 1. The van der Waals surface area contributed by atoms with Gasteiger partial charge in [-0.1, -0.05) is 12.2 Å². The number of rotatable bonds is 3. The summed E-state index contributed by atoms with van der Waals surface area (Å²) < 4.78 is 3.18. The van der Waals surface area contributed by atoms with Crippen molar-refractivity contribution in [1.82, 2.24) is 19.3 Å². The monoisotopic (exact) mass is 264 g/mol. The van der Waals surface area contributed by atoms with E-state index in [9.17, 15) is 4.79 Å². The first-order chi connectivity index (χ1) is 8.49. The van der Waals surface area contributed by atoms with Crippen LogP contribution in [-0.4, -0.2) is 30.2 Å². The molecular weight excluding hydrogens is 252 g/mol. The number of nitrogens with two attached hydrogens (primary N) is 1. The fourth-order valence-corrected chi connectivity index (χ4v) is 1.62. The van der Waals surface area contributed by atoms with Gasteiger partial charge in [0.15, 0.2) is 0 Å². The van der Waals surface area contributed by atoms with Crippen LogP contribution in [0.5, 0.6) is 0 Å². The fraction of sp³-hybridized carbons (Fsp3) is 0.200. The number of carbonyl (C=O) groups is 1. The van der Waals surface area contributed by atoms with Crippen molar-refractivity contribution < 1.29 is 4.79 Å². The van der Waals surface area contributed by atoms with Gasteiger partial charge in [0.05, 0.1) is 18.1 Å². The highest BCUT2D eigenvalue weighted by molar-refractivity contribution is 7.80. The molecule has 2 aromatic heterocycles. The first-order valence-corrected chi connectivity index (χ1v) is 5.51. The Morgan fingerprint density at radius 2 is 2.22 bits per heavy atom. The van der Waals surface area contributed by atoms with Gasteiger partial charge >= 0.3 is 0 Å². The van der Waals surface area contributed by atoms with Gasteiger partial charge in [-0.15, -0.1) is 0 Å². The molecule has 2 heterocycles. The summed E-state index contributed by atoms with van der Waals surface area (Å²) in [6.07, 6.45) is 4.68. The Morgan fingerprint density at radius 3 is 2.78 bits per heavy atom. The lowest BCUT2D eigenvalue weighted by molar-refractivity contribution is 0.102. The number of hydrogen-bond donors (Lipinski definition) is 2. The second-order valence-electron chi connectivity index (χ2n) is 3.77. The quantitative estimate of drug-likeness (QED) is 0.764. The van der Waals surface area contributed by atoms with Gasteiger partial charge in [0.1, 0.15) is 16.5 Å². The minimum Gasteiger partial charge on any atom is -0.389 e. The third-order valence-electron chi connectivity index (χ3n) is 2.37. The maximum absolute atomic E-state index is 11.9. The molecule has 2 aromatic rings. The van der Waals surface area contributed by atoms with E-state index in [1.54, 1.807) is 31.2 Å². The number of aromatic nitrogens is 4. The molecule has 0 aromatic carbocycles. The molecule has 0 fully saturated rings. The Bertz CT molecular complexity index is 614. The predicted molar refractivity (Wildman–Crippen MR) is 70.3 cm³/mol. The number of nitrogens with one attached hydrogen (secondary N) is 1. The summed E-state index contributed by atoms with van der Waals surface area (Å²) in [4.78, 5) is 16.1. The number of hydrogen-bond acceptors (Lipinski definition) is 4. The molecule has 18 heavy (non-hydrogen) atoms. The van der Waals surface area contributed by atoms with Crippen LogP contribution in [0.4, 0.5) is 5.82 Å². The molecule has 0 radical (unpaired) electrons. The average molecular weight is 264 g/mol. The summed E-state index contributed by atoms with van der Waals surface area (Å²) >= 11 is 4.89. The molecule has 3 N–H and O–H groups in total. The largest absolute Gasteiger partial charge is 0.389 e. The fourth-order valence-electron chi connectivity index (χ4n) is 1.47. The van der Waals surface area contributed by atoms with Gasteiger partial charge < -0.3 is 15.6 Å². The molecule has 2 rings (SSSR count). The number of nitrogens with zero attached hydrogens (tertiary/aromatic N) is 4. The number of carbonyl (C=O) groups excluding carboxylic acids is 1. The molecule has 0 saturated carbocycles. The Balaban J connectivity index is 2.27. The molecule has 0 aliphatic rings. The zero-order valence-corrected chi connectivity index (χ0v) is 10.7. The summed E-state index contributed by atoms with van der Waals surface area (Å²) in [5.74, 6) is 0.120. The summed E-state index contributed by atoms with van der Waals surface area (Å²) in [6, 6.07) is 0.